The van der Waals surface area contributed by atoms with E-state index in [4.69, 9.17) is 19.9 Å². The van der Waals surface area contributed by atoms with Crippen LogP contribution in [0.4, 0.5) is 0 Å². The molecule has 0 aromatic heterocycles. The van der Waals surface area contributed by atoms with Gasteiger partial charge in [0.25, 0.3) is 0 Å². The monoisotopic (exact) mass is 384 g/mol. The van der Waals surface area contributed by atoms with Crippen molar-refractivity contribution >= 4 is 11.8 Å². The van der Waals surface area contributed by atoms with Gasteiger partial charge in [-0.1, -0.05) is 0 Å². The van der Waals surface area contributed by atoms with E-state index in [1.54, 1.807) is 30.3 Å². The fourth-order valence-corrected chi connectivity index (χ4v) is 3.90. The standard InChI is InChI=1S/C18H16N4O4S/c1-24-12-3-4-15(25-2)14(7-12)18(27-6-5-23)16(11(8-19)9-20)13(10-21)17(22)26-18/h3-4,7,23H,5-6,22H2,1-2H3. The van der Waals surface area contributed by atoms with Gasteiger partial charge in [-0.25, -0.2) is 0 Å². The molecule has 9 heteroatoms. The molecule has 0 saturated carbocycles. The second-order valence-corrected chi connectivity index (χ2v) is 6.45. The number of hydrogen-bond donors (Lipinski definition) is 2. The lowest BCUT2D eigenvalue weighted by Crippen LogP contribution is -2.28. The van der Waals surface area contributed by atoms with Gasteiger partial charge < -0.3 is 25.1 Å². The highest BCUT2D eigenvalue weighted by Gasteiger charge is 2.51. The lowest BCUT2D eigenvalue weighted by molar-refractivity contribution is 0.130. The van der Waals surface area contributed by atoms with Crippen molar-refractivity contribution in [1.29, 1.82) is 15.8 Å². The average molecular weight is 384 g/mol. The number of nitrogens with zero attached hydrogens (tertiary/aromatic N) is 3. The average Bonchev–Trinajstić information content (AvgIpc) is 2.99. The van der Waals surface area contributed by atoms with Crippen molar-refractivity contribution in [3.63, 3.8) is 0 Å². The quantitative estimate of drug-likeness (QED) is 0.699. The van der Waals surface area contributed by atoms with E-state index in [1.165, 1.54) is 14.2 Å². The van der Waals surface area contributed by atoms with Crippen LogP contribution in [0, 0.1) is 34.0 Å². The summed E-state index contributed by atoms with van der Waals surface area (Å²) in [5.74, 6) is 0.809. The number of nitriles is 3. The summed E-state index contributed by atoms with van der Waals surface area (Å²) < 4.78 is 16.6. The van der Waals surface area contributed by atoms with E-state index in [0.29, 0.717) is 17.1 Å². The Kier molecular flexibility index (Phi) is 6.20. The van der Waals surface area contributed by atoms with Gasteiger partial charge in [0.05, 0.1) is 32.0 Å². The van der Waals surface area contributed by atoms with Crippen molar-refractivity contribution in [1.82, 2.24) is 0 Å². The number of rotatable bonds is 6. The largest absolute Gasteiger partial charge is 0.497 e. The van der Waals surface area contributed by atoms with Crippen LogP contribution < -0.4 is 15.2 Å². The van der Waals surface area contributed by atoms with E-state index in [9.17, 15) is 20.9 Å². The van der Waals surface area contributed by atoms with Gasteiger partial charge in [0, 0.05) is 5.75 Å². The van der Waals surface area contributed by atoms with Crippen molar-refractivity contribution in [2.75, 3.05) is 26.6 Å². The molecule has 0 radical (unpaired) electrons. The third-order valence-corrected chi connectivity index (χ3v) is 5.12. The number of nitrogens with two attached hydrogens (primary N) is 1. The zero-order valence-electron chi connectivity index (χ0n) is 14.6. The summed E-state index contributed by atoms with van der Waals surface area (Å²) in [4.78, 5) is -1.53. The van der Waals surface area contributed by atoms with Crippen LogP contribution in [0.2, 0.25) is 0 Å². The van der Waals surface area contributed by atoms with Gasteiger partial charge in [0.15, 0.2) is 0 Å². The number of thioether (sulfide) groups is 1. The van der Waals surface area contributed by atoms with E-state index in [0.717, 1.165) is 11.8 Å². The first kappa shape index (κ1) is 20.0. The number of methoxy groups -OCH3 is 2. The highest BCUT2D eigenvalue weighted by Crippen LogP contribution is 2.56. The third kappa shape index (κ3) is 3.37. The van der Waals surface area contributed by atoms with Crippen molar-refractivity contribution < 1.29 is 19.3 Å². The molecule has 1 atom stereocenters. The number of aliphatic hydroxyl groups is 1. The van der Waals surface area contributed by atoms with Crippen LogP contribution in [0.15, 0.2) is 40.8 Å². The predicted molar refractivity (Wildman–Crippen MR) is 96.9 cm³/mol. The minimum atomic E-state index is -1.53. The second-order valence-electron chi connectivity index (χ2n) is 5.18. The second kappa shape index (κ2) is 8.37. The fourth-order valence-electron chi connectivity index (χ4n) is 2.71. The Balaban J connectivity index is 2.91. The zero-order chi connectivity index (χ0) is 20.0. The molecular weight excluding hydrogens is 368 g/mol. The van der Waals surface area contributed by atoms with E-state index in [-0.39, 0.29) is 35.0 Å². The maximum absolute atomic E-state index is 9.54. The number of benzene rings is 1. The number of aliphatic hydroxyl groups excluding tert-OH is 1. The summed E-state index contributed by atoms with van der Waals surface area (Å²) in [6.07, 6.45) is 0. The maximum Gasteiger partial charge on any atom is 0.214 e. The normalized spacial score (nSPS) is 18.1. The Morgan fingerprint density at radius 1 is 1.26 bits per heavy atom. The molecule has 1 aliphatic heterocycles. The smallest absolute Gasteiger partial charge is 0.214 e. The third-order valence-electron chi connectivity index (χ3n) is 3.82. The molecule has 0 saturated heterocycles. The highest BCUT2D eigenvalue weighted by molar-refractivity contribution is 8.00. The number of ether oxygens (including phenoxy) is 3. The van der Waals surface area contributed by atoms with Gasteiger partial charge in [-0.2, -0.15) is 15.8 Å². The Labute approximate surface area is 160 Å². The Hall–Kier alpha value is -3.32. The summed E-state index contributed by atoms with van der Waals surface area (Å²) in [5, 5.41) is 37.8. The molecule has 0 spiro atoms. The molecule has 1 aliphatic rings. The van der Waals surface area contributed by atoms with E-state index in [2.05, 4.69) is 0 Å². The van der Waals surface area contributed by atoms with Gasteiger partial charge in [-0.3, -0.25) is 0 Å². The predicted octanol–water partition coefficient (Wildman–Crippen LogP) is 1.65. The molecule has 8 nitrogen and oxygen atoms in total. The van der Waals surface area contributed by atoms with Crippen LogP contribution >= 0.6 is 11.8 Å². The highest BCUT2D eigenvalue weighted by atomic mass is 32.2. The van der Waals surface area contributed by atoms with Crippen molar-refractivity contribution in [3.05, 3.63) is 46.4 Å². The molecule has 0 amide bonds. The van der Waals surface area contributed by atoms with Crippen LogP contribution in [0.1, 0.15) is 5.56 Å². The van der Waals surface area contributed by atoms with Gasteiger partial charge in [-0.15, -0.1) is 11.8 Å². The Morgan fingerprint density at radius 3 is 2.48 bits per heavy atom. The van der Waals surface area contributed by atoms with Crippen molar-refractivity contribution in [2.24, 2.45) is 5.73 Å². The summed E-state index contributed by atoms with van der Waals surface area (Å²) in [5.41, 5.74) is 5.91. The summed E-state index contributed by atoms with van der Waals surface area (Å²) in [6.45, 7) is -0.203. The van der Waals surface area contributed by atoms with Gasteiger partial charge in [-0.05, 0) is 18.2 Å². The molecular formula is C18H16N4O4S. The Bertz CT molecular complexity index is 920. The number of allylic oxidation sites excluding steroid dienone is 1. The molecule has 0 fully saturated rings. The molecule has 1 unspecified atom stereocenters. The summed E-state index contributed by atoms with van der Waals surface area (Å²) in [6, 6.07) is 10.4. The molecule has 138 valence electrons. The minimum Gasteiger partial charge on any atom is -0.497 e. The van der Waals surface area contributed by atoms with Crippen LogP contribution in [0.3, 0.4) is 0 Å². The SMILES string of the molecule is COc1ccc(OC)c(C2(SCCO)OC(N)=C(C#N)C2=C(C#N)C#N)c1. The first-order chi connectivity index (χ1) is 13.0. The van der Waals surface area contributed by atoms with Crippen molar-refractivity contribution in [3.8, 4) is 29.7 Å². The molecule has 1 aromatic rings. The van der Waals surface area contributed by atoms with Crippen LogP contribution in [-0.2, 0) is 9.67 Å². The van der Waals surface area contributed by atoms with E-state index >= 15 is 0 Å². The first-order valence-corrected chi connectivity index (χ1v) is 8.63. The first-order valence-electron chi connectivity index (χ1n) is 7.64. The van der Waals surface area contributed by atoms with Crippen LogP contribution in [-0.4, -0.2) is 31.7 Å². The molecule has 2 rings (SSSR count). The zero-order valence-corrected chi connectivity index (χ0v) is 15.5. The lowest BCUT2D eigenvalue weighted by atomic mass is 9.92. The van der Waals surface area contributed by atoms with Crippen LogP contribution in [0.25, 0.3) is 0 Å². The fraction of sp³-hybridized carbons (Fsp3) is 0.278. The molecule has 0 aliphatic carbocycles. The molecule has 1 heterocycles. The van der Waals surface area contributed by atoms with Gasteiger partial charge in [0.2, 0.25) is 10.8 Å². The topological polar surface area (TPSA) is 145 Å². The molecule has 3 N–H and O–H groups in total. The summed E-state index contributed by atoms with van der Waals surface area (Å²) >= 11 is 1.08. The molecule has 1 aromatic carbocycles. The van der Waals surface area contributed by atoms with Crippen molar-refractivity contribution in [2.45, 2.75) is 4.93 Å². The van der Waals surface area contributed by atoms with Gasteiger partial charge >= 0.3 is 0 Å². The summed E-state index contributed by atoms with van der Waals surface area (Å²) in [7, 11) is 2.93. The van der Waals surface area contributed by atoms with Crippen LogP contribution in [0.5, 0.6) is 11.5 Å². The van der Waals surface area contributed by atoms with E-state index < -0.39 is 4.93 Å². The maximum atomic E-state index is 9.54. The molecule has 27 heavy (non-hydrogen) atoms. The molecule has 0 bridgehead atoms. The Morgan fingerprint density at radius 2 is 1.96 bits per heavy atom. The van der Waals surface area contributed by atoms with E-state index in [1.807, 2.05) is 6.07 Å². The number of hydrogen-bond acceptors (Lipinski definition) is 9. The lowest BCUT2D eigenvalue weighted by Gasteiger charge is -2.32. The van der Waals surface area contributed by atoms with Gasteiger partial charge in [0.1, 0.15) is 40.9 Å². The minimum absolute atomic E-state index is 0.0255.